The molecule has 0 bridgehead atoms. The predicted molar refractivity (Wildman–Crippen MR) is 106 cm³/mol. The van der Waals surface area contributed by atoms with Crippen molar-refractivity contribution in [3.63, 3.8) is 0 Å². The highest BCUT2D eigenvalue weighted by Crippen LogP contribution is 2.32. The summed E-state index contributed by atoms with van der Waals surface area (Å²) in [6.45, 7) is 8.71. The molecule has 0 aliphatic carbocycles. The number of carbonyl (C=O) groups excluding carboxylic acids is 1. The van der Waals surface area contributed by atoms with E-state index >= 15 is 0 Å². The minimum absolute atomic E-state index is 0.0695. The molecule has 0 spiro atoms. The zero-order chi connectivity index (χ0) is 19.0. The van der Waals surface area contributed by atoms with Gasteiger partial charge < -0.3 is 15.1 Å². The molecule has 1 N–H and O–H groups in total. The molecule has 7 nitrogen and oxygen atoms in total. The average molecular weight is 371 g/mol. The smallest absolute Gasteiger partial charge is 0.226 e. The second-order valence-corrected chi connectivity index (χ2v) is 8.34. The molecule has 1 saturated heterocycles. The molecule has 2 aromatic rings. The summed E-state index contributed by atoms with van der Waals surface area (Å²) in [4.78, 5) is 21.9. The molecule has 0 atom stereocenters. The second-order valence-electron chi connectivity index (χ2n) is 8.34. The van der Waals surface area contributed by atoms with Gasteiger partial charge in [-0.2, -0.15) is 9.61 Å². The van der Waals surface area contributed by atoms with Crippen LogP contribution in [0.3, 0.4) is 0 Å². The maximum absolute atomic E-state index is 12.4. The van der Waals surface area contributed by atoms with Crippen LogP contribution in [0.5, 0.6) is 0 Å². The third-order valence-corrected chi connectivity index (χ3v) is 5.74. The summed E-state index contributed by atoms with van der Waals surface area (Å²) in [5, 5.41) is 7.61. The number of hydrogen-bond donors (Lipinski definition) is 1. The highest BCUT2D eigenvalue weighted by Gasteiger charge is 2.36. The summed E-state index contributed by atoms with van der Waals surface area (Å²) in [7, 11) is 2.16. The van der Waals surface area contributed by atoms with Gasteiger partial charge in [-0.05, 0) is 25.8 Å². The van der Waals surface area contributed by atoms with Gasteiger partial charge in [0.15, 0.2) is 5.65 Å². The van der Waals surface area contributed by atoms with Crippen molar-refractivity contribution in [2.24, 2.45) is 11.8 Å². The number of fused-ring (bicyclic) bond motifs is 2. The third kappa shape index (κ3) is 3.65. The van der Waals surface area contributed by atoms with Gasteiger partial charge in [-0.15, -0.1) is 0 Å². The van der Waals surface area contributed by atoms with E-state index in [1.165, 1.54) is 11.3 Å². The lowest BCUT2D eigenvalue weighted by molar-refractivity contribution is -0.125. The van der Waals surface area contributed by atoms with Crippen LogP contribution in [0.2, 0.25) is 0 Å². The number of carbonyl (C=O) groups is 1. The fourth-order valence-electron chi connectivity index (χ4n) is 3.95. The van der Waals surface area contributed by atoms with Crippen LogP contribution in [-0.4, -0.2) is 65.2 Å². The molecule has 146 valence electrons. The fraction of sp³-hybridized carbons (Fsp3) is 0.650. The molecule has 7 heteroatoms. The molecule has 4 heterocycles. The zero-order valence-corrected chi connectivity index (χ0v) is 16.6. The van der Waals surface area contributed by atoms with Gasteiger partial charge in [0, 0.05) is 50.8 Å². The molecule has 2 aliphatic heterocycles. The van der Waals surface area contributed by atoms with Crippen molar-refractivity contribution in [1.82, 2.24) is 24.8 Å². The standard InChI is InChI=1S/C20H30N6O/c1-14(2)4-8-21-19(27)15-12-25(13-15)20-16-6-10-24(3)11-7-17(16)23-18-5-9-22-26(18)20/h5,9,14-15H,4,6-8,10-13H2,1-3H3,(H,21,27). The Bertz CT molecular complexity index is 823. The van der Waals surface area contributed by atoms with Gasteiger partial charge in [0.1, 0.15) is 5.82 Å². The molecule has 27 heavy (non-hydrogen) atoms. The average Bonchev–Trinajstić information content (AvgIpc) is 2.97. The van der Waals surface area contributed by atoms with Gasteiger partial charge in [-0.3, -0.25) is 4.79 Å². The van der Waals surface area contributed by atoms with Gasteiger partial charge in [0.05, 0.1) is 17.8 Å². The molecule has 2 aromatic heterocycles. The van der Waals surface area contributed by atoms with Crippen molar-refractivity contribution in [1.29, 1.82) is 0 Å². The van der Waals surface area contributed by atoms with Crippen LogP contribution in [0.4, 0.5) is 5.82 Å². The van der Waals surface area contributed by atoms with Crippen LogP contribution in [-0.2, 0) is 17.6 Å². The summed E-state index contributed by atoms with van der Waals surface area (Å²) in [6.07, 6.45) is 4.79. The molecule has 1 fully saturated rings. The summed E-state index contributed by atoms with van der Waals surface area (Å²) in [5.74, 6) is 2.01. The van der Waals surface area contributed by atoms with E-state index in [0.717, 1.165) is 63.5 Å². The Morgan fingerprint density at radius 2 is 2.07 bits per heavy atom. The van der Waals surface area contributed by atoms with Crippen molar-refractivity contribution in [2.75, 3.05) is 44.7 Å². The number of rotatable bonds is 5. The Balaban J connectivity index is 1.51. The molecule has 0 unspecified atom stereocenters. The maximum atomic E-state index is 12.4. The van der Waals surface area contributed by atoms with Crippen LogP contribution < -0.4 is 10.2 Å². The summed E-state index contributed by atoms with van der Waals surface area (Å²) < 4.78 is 1.96. The second kappa shape index (κ2) is 7.46. The highest BCUT2D eigenvalue weighted by molar-refractivity contribution is 5.82. The Morgan fingerprint density at radius 3 is 2.85 bits per heavy atom. The van der Waals surface area contributed by atoms with Crippen molar-refractivity contribution >= 4 is 17.4 Å². The molecule has 0 saturated carbocycles. The highest BCUT2D eigenvalue weighted by atomic mass is 16.2. The Labute approximate surface area is 160 Å². The summed E-state index contributed by atoms with van der Waals surface area (Å²) >= 11 is 0. The van der Waals surface area contributed by atoms with Gasteiger partial charge in [-0.1, -0.05) is 13.8 Å². The number of anilines is 1. The van der Waals surface area contributed by atoms with E-state index in [2.05, 4.69) is 41.1 Å². The first kappa shape index (κ1) is 18.2. The number of amides is 1. The van der Waals surface area contributed by atoms with Crippen molar-refractivity contribution in [2.45, 2.75) is 33.1 Å². The fourth-order valence-corrected chi connectivity index (χ4v) is 3.95. The maximum Gasteiger partial charge on any atom is 0.226 e. The van der Waals surface area contributed by atoms with Gasteiger partial charge in [-0.25, -0.2) is 4.98 Å². The van der Waals surface area contributed by atoms with E-state index in [1.807, 2.05) is 16.8 Å². The van der Waals surface area contributed by atoms with Crippen LogP contribution in [0, 0.1) is 11.8 Å². The van der Waals surface area contributed by atoms with Crippen molar-refractivity contribution in [3.8, 4) is 0 Å². The van der Waals surface area contributed by atoms with Crippen molar-refractivity contribution < 1.29 is 4.79 Å². The minimum atomic E-state index is 0.0695. The molecule has 0 aromatic carbocycles. The van der Waals surface area contributed by atoms with Crippen LogP contribution in [0.1, 0.15) is 31.5 Å². The lowest BCUT2D eigenvalue weighted by Gasteiger charge is -2.41. The topological polar surface area (TPSA) is 65.8 Å². The minimum Gasteiger partial charge on any atom is -0.356 e. The Morgan fingerprint density at radius 1 is 1.30 bits per heavy atom. The lowest BCUT2D eigenvalue weighted by Crippen LogP contribution is -2.54. The van der Waals surface area contributed by atoms with E-state index < -0.39 is 0 Å². The first-order valence-electron chi connectivity index (χ1n) is 10.1. The Hall–Kier alpha value is -2.15. The SMILES string of the molecule is CC(C)CCNC(=O)C1CN(c2c3c(nc4ccnn24)CCN(C)CC3)C1. The van der Waals surface area contributed by atoms with E-state index in [9.17, 15) is 4.79 Å². The number of nitrogens with zero attached hydrogens (tertiary/aromatic N) is 5. The predicted octanol–water partition coefficient (Wildman–Crippen LogP) is 1.36. The normalized spacial score (nSPS) is 18.4. The van der Waals surface area contributed by atoms with Crippen LogP contribution >= 0.6 is 0 Å². The molecule has 1 amide bonds. The van der Waals surface area contributed by atoms with E-state index in [0.29, 0.717) is 5.92 Å². The summed E-state index contributed by atoms with van der Waals surface area (Å²) in [5.41, 5.74) is 3.39. The number of aromatic nitrogens is 3. The zero-order valence-electron chi connectivity index (χ0n) is 16.6. The van der Waals surface area contributed by atoms with Gasteiger partial charge in [0.2, 0.25) is 5.91 Å². The van der Waals surface area contributed by atoms with Crippen molar-refractivity contribution in [3.05, 3.63) is 23.5 Å². The monoisotopic (exact) mass is 370 g/mol. The molecule has 0 radical (unpaired) electrons. The lowest BCUT2D eigenvalue weighted by atomic mass is 9.97. The first-order chi connectivity index (χ1) is 13.0. The van der Waals surface area contributed by atoms with E-state index in [4.69, 9.17) is 4.98 Å². The summed E-state index contributed by atoms with van der Waals surface area (Å²) in [6, 6.07) is 1.97. The number of nitrogens with one attached hydrogen (secondary N) is 1. The molecule has 2 aliphatic rings. The van der Waals surface area contributed by atoms with Gasteiger partial charge in [0.25, 0.3) is 0 Å². The van der Waals surface area contributed by atoms with Crippen LogP contribution in [0.25, 0.3) is 5.65 Å². The molecular formula is C20H30N6O. The van der Waals surface area contributed by atoms with E-state index in [1.54, 1.807) is 0 Å². The van der Waals surface area contributed by atoms with Crippen LogP contribution in [0.15, 0.2) is 12.3 Å². The number of likely N-dealkylation sites (N-methyl/N-ethyl adjacent to an activating group) is 1. The first-order valence-corrected chi connectivity index (χ1v) is 10.1. The Kier molecular flexibility index (Phi) is 5.04. The third-order valence-electron chi connectivity index (χ3n) is 5.74. The quantitative estimate of drug-likeness (QED) is 0.861. The molecule has 4 rings (SSSR count). The van der Waals surface area contributed by atoms with Gasteiger partial charge >= 0.3 is 0 Å². The largest absolute Gasteiger partial charge is 0.356 e. The molecular weight excluding hydrogens is 340 g/mol. The van der Waals surface area contributed by atoms with E-state index in [-0.39, 0.29) is 11.8 Å². The number of hydrogen-bond acceptors (Lipinski definition) is 5.